The molecule has 118 valence electrons. The van der Waals surface area contributed by atoms with Crippen LogP contribution in [0.1, 0.15) is 24.5 Å². The summed E-state index contributed by atoms with van der Waals surface area (Å²) in [5.74, 6) is 8.56. The minimum absolute atomic E-state index is 0.270. The van der Waals surface area contributed by atoms with Crippen molar-refractivity contribution in [2.24, 2.45) is 0 Å². The van der Waals surface area contributed by atoms with Crippen LogP contribution in [0.15, 0.2) is 24.3 Å². The molecule has 0 spiro atoms. The first-order chi connectivity index (χ1) is 11.2. The van der Waals surface area contributed by atoms with E-state index < -0.39 is 0 Å². The van der Waals surface area contributed by atoms with Crippen LogP contribution in [0.2, 0.25) is 0 Å². The van der Waals surface area contributed by atoms with Gasteiger partial charge in [0.2, 0.25) is 0 Å². The van der Waals surface area contributed by atoms with E-state index in [1.165, 1.54) is 16.7 Å². The molecule has 1 aromatic rings. The smallest absolute Gasteiger partial charge is 0.148 e. The van der Waals surface area contributed by atoms with Gasteiger partial charge >= 0.3 is 0 Å². The molecule has 0 saturated carbocycles. The molecule has 1 aromatic carbocycles. The van der Waals surface area contributed by atoms with Crippen molar-refractivity contribution in [3.63, 3.8) is 0 Å². The van der Waals surface area contributed by atoms with Crippen LogP contribution in [0.25, 0.3) is 5.57 Å². The molecule has 0 atom stereocenters. The average molecular weight is 305 g/mol. The maximum Gasteiger partial charge on any atom is 0.148 e. The van der Waals surface area contributed by atoms with E-state index in [0.29, 0.717) is 13.1 Å². The first-order valence-corrected chi connectivity index (χ1v) is 7.58. The molecule has 23 heavy (non-hydrogen) atoms. The van der Waals surface area contributed by atoms with Gasteiger partial charge in [-0.05, 0) is 49.1 Å². The zero-order valence-electron chi connectivity index (χ0n) is 13.9. The monoisotopic (exact) mass is 305 g/mol. The second-order valence-corrected chi connectivity index (χ2v) is 5.15. The Balaban J connectivity index is 2.87. The maximum absolute atomic E-state index is 5.52. The van der Waals surface area contributed by atoms with Gasteiger partial charge in [-0.15, -0.1) is 19.3 Å². The molecule has 0 unspecified atom stereocenters. The molecular formula is C21H23NO. The fraction of sp³-hybridized carbons (Fsp3) is 0.333. The number of aryl methyl sites for hydroxylation is 1. The third-order valence-corrected chi connectivity index (χ3v) is 3.55. The number of rotatable bonds is 8. The SMILES string of the molecule is C#CCOc1ccc(C)c(/C(=C\C)CCN(CC#C)CC#C)c1. The van der Waals surface area contributed by atoms with Gasteiger partial charge in [0.25, 0.3) is 0 Å². The predicted molar refractivity (Wildman–Crippen MR) is 97.9 cm³/mol. The Labute approximate surface area is 140 Å². The molecule has 0 amide bonds. The molecule has 0 aliphatic carbocycles. The lowest BCUT2D eigenvalue weighted by atomic mass is 9.97. The Bertz CT molecular complexity index is 649. The standard InChI is InChI=1S/C21H23NO/c1-6-13-22(14-7-2)15-12-19(9-4)21-17-20(23-16-8-3)11-10-18(21)5/h1-3,9-11,17H,12-16H2,4-5H3/b19-9-. The number of benzene rings is 1. The molecule has 0 aromatic heterocycles. The van der Waals surface area contributed by atoms with E-state index in [9.17, 15) is 0 Å². The van der Waals surface area contributed by atoms with Gasteiger partial charge in [0.1, 0.15) is 12.4 Å². The normalized spacial score (nSPS) is 10.7. The van der Waals surface area contributed by atoms with E-state index in [1.54, 1.807) is 0 Å². The van der Waals surface area contributed by atoms with Crippen LogP contribution in [-0.4, -0.2) is 31.1 Å². The Kier molecular flexibility index (Phi) is 8.17. The van der Waals surface area contributed by atoms with Crippen LogP contribution in [-0.2, 0) is 0 Å². The second kappa shape index (κ2) is 10.2. The van der Waals surface area contributed by atoms with Gasteiger partial charge in [0, 0.05) is 6.54 Å². The molecule has 2 heteroatoms. The zero-order valence-corrected chi connectivity index (χ0v) is 13.9. The second-order valence-electron chi connectivity index (χ2n) is 5.15. The number of nitrogens with zero attached hydrogens (tertiary/aromatic N) is 1. The van der Waals surface area contributed by atoms with Gasteiger partial charge in [-0.1, -0.05) is 29.9 Å². The highest BCUT2D eigenvalue weighted by Crippen LogP contribution is 2.26. The summed E-state index contributed by atoms with van der Waals surface area (Å²) in [4.78, 5) is 2.08. The third-order valence-electron chi connectivity index (χ3n) is 3.55. The molecule has 0 saturated heterocycles. The predicted octanol–water partition coefficient (Wildman–Crippen LogP) is 3.37. The average Bonchev–Trinajstić information content (AvgIpc) is 2.55. The first-order valence-electron chi connectivity index (χ1n) is 7.58. The van der Waals surface area contributed by atoms with Crippen molar-refractivity contribution >= 4 is 5.57 Å². The third kappa shape index (κ3) is 5.96. The van der Waals surface area contributed by atoms with E-state index in [4.69, 9.17) is 24.0 Å². The molecular weight excluding hydrogens is 282 g/mol. The molecule has 0 N–H and O–H groups in total. The summed E-state index contributed by atoms with van der Waals surface area (Å²) in [7, 11) is 0. The molecule has 0 aliphatic rings. The van der Waals surface area contributed by atoms with Crippen LogP contribution in [0.5, 0.6) is 5.75 Å². The molecule has 0 fully saturated rings. The molecule has 1 rings (SSSR count). The van der Waals surface area contributed by atoms with E-state index in [1.807, 2.05) is 25.1 Å². The van der Waals surface area contributed by atoms with Crippen molar-refractivity contribution in [2.75, 3.05) is 26.2 Å². The lowest BCUT2D eigenvalue weighted by Gasteiger charge is -2.19. The summed E-state index contributed by atoms with van der Waals surface area (Å²) < 4.78 is 5.52. The van der Waals surface area contributed by atoms with Gasteiger partial charge in [0.15, 0.2) is 0 Å². The lowest BCUT2D eigenvalue weighted by Crippen LogP contribution is -2.25. The Hall–Kier alpha value is -2.60. The largest absolute Gasteiger partial charge is 0.481 e. The van der Waals surface area contributed by atoms with Crippen molar-refractivity contribution in [2.45, 2.75) is 20.3 Å². The number of ether oxygens (including phenoxy) is 1. The van der Waals surface area contributed by atoms with Gasteiger partial charge in [0.05, 0.1) is 13.1 Å². The van der Waals surface area contributed by atoms with E-state index in [2.05, 4.69) is 35.7 Å². The summed E-state index contributed by atoms with van der Waals surface area (Å²) in [6.45, 7) is 6.34. The van der Waals surface area contributed by atoms with E-state index in [-0.39, 0.29) is 6.61 Å². The van der Waals surface area contributed by atoms with Gasteiger partial charge < -0.3 is 4.74 Å². The lowest BCUT2D eigenvalue weighted by molar-refractivity contribution is 0.354. The van der Waals surface area contributed by atoms with Crippen molar-refractivity contribution < 1.29 is 4.74 Å². The highest BCUT2D eigenvalue weighted by atomic mass is 16.5. The fourth-order valence-corrected chi connectivity index (χ4v) is 2.35. The molecule has 2 nitrogen and oxygen atoms in total. The quantitative estimate of drug-likeness (QED) is 0.683. The van der Waals surface area contributed by atoms with Gasteiger partial charge in [-0.25, -0.2) is 0 Å². The topological polar surface area (TPSA) is 12.5 Å². The molecule has 0 aliphatic heterocycles. The summed E-state index contributed by atoms with van der Waals surface area (Å²) in [6.07, 6.45) is 19.0. The number of allylic oxidation sites excluding steroid dienone is 1. The highest BCUT2D eigenvalue weighted by molar-refractivity contribution is 5.69. The zero-order chi connectivity index (χ0) is 17.1. The van der Waals surface area contributed by atoms with Crippen molar-refractivity contribution in [1.29, 1.82) is 0 Å². The Morgan fingerprint density at radius 1 is 1.17 bits per heavy atom. The Morgan fingerprint density at radius 3 is 2.43 bits per heavy atom. The van der Waals surface area contributed by atoms with Gasteiger partial charge in [-0.3, -0.25) is 4.90 Å². The number of hydrogen-bond donors (Lipinski definition) is 0. The Morgan fingerprint density at radius 2 is 1.87 bits per heavy atom. The first kappa shape index (κ1) is 18.4. The van der Waals surface area contributed by atoms with Crippen LogP contribution in [0, 0.1) is 44.0 Å². The fourth-order valence-electron chi connectivity index (χ4n) is 2.35. The van der Waals surface area contributed by atoms with Gasteiger partial charge in [-0.2, -0.15) is 0 Å². The van der Waals surface area contributed by atoms with Crippen molar-refractivity contribution in [1.82, 2.24) is 4.90 Å². The summed E-state index contributed by atoms with van der Waals surface area (Å²) >= 11 is 0. The maximum atomic E-state index is 5.52. The van der Waals surface area contributed by atoms with Crippen molar-refractivity contribution in [3.05, 3.63) is 35.4 Å². The van der Waals surface area contributed by atoms with Crippen LogP contribution in [0.3, 0.4) is 0 Å². The van der Waals surface area contributed by atoms with E-state index >= 15 is 0 Å². The molecule has 0 heterocycles. The van der Waals surface area contributed by atoms with Crippen LogP contribution < -0.4 is 4.74 Å². The van der Waals surface area contributed by atoms with Crippen LogP contribution in [0.4, 0.5) is 0 Å². The molecule has 0 bridgehead atoms. The van der Waals surface area contributed by atoms with Crippen molar-refractivity contribution in [3.8, 4) is 42.8 Å². The number of terminal acetylenes is 3. The number of hydrogen-bond acceptors (Lipinski definition) is 2. The minimum Gasteiger partial charge on any atom is -0.481 e. The highest BCUT2D eigenvalue weighted by Gasteiger charge is 2.09. The summed E-state index contributed by atoms with van der Waals surface area (Å²) in [5.41, 5.74) is 3.61. The minimum atomic E-state index is 0.270. The summed E-state index contributed by atoms with van der Waals surface area (Å²) in [6, 6.07) is 6.02. The summed E-state index contributed by atoms with van der Waals surface area (Å²) in [5, 5.41) is 0. The van der Waals surface area contributed by atoms with E-state index in [0.717, 1.165) is 18.7 Å². The molecule has 0 radical (unpaired) electrons. The van der Waals surface area contributed by atoms with Crippen LogP contribution >= 0.6 is 0 Å².